The maximum atomic E-state index is 12.1. The summed E-state index contributed by atoms with van der Waals surface area (Å²) in [6.07, 6.45) is 0. The average Bonchev–Trinajstić information content (AvgIpc) is 2.59. The van der Waals surface area contributed by atoms with Crippen LogP contribution in [0.1, 0.15) is 51.6 Å². The maximum absolute atomic E-state index is 12.1. The van der Waals surface area contributed by atoms with Crippen molar-refractivity contribution in [2.45, 2.75) is 26.3 Å². The van der Waals surface area contributed by atoms with Crippen LogP contribution in [-0.2, 0) is 6.54 Å². The Labute approximate surface area is 136 Å². The fourth-order valence-corrected chi connectivity index (χ4v) is 2.22. The Balaban J connectivity index is 1.94. The lowest BCUT2D eigenvalue weighted by Crippen LogP contribution is -2.23. The first-order valence-corrected chi connectivity index (χ1v) is 7.70. The van der Waals surface area contributed by atoms with Gasteiger partial charge in [-0.15, -0.1) is 0 Å². The van der Waals surface area contributed by atoms with E-state index in [0.29, 0.717) is 23.6 Å². The van der Waals surface area contributed by atoms with Gasteiger partial charge >= 0.3 is 0 Å². The molecule has 0 aromatic heterocycles. The molecule has 2 amide bonds. The molecule has 0 bridgehead atoms. The molecule has 23 heavy (non-hydrogen) atoms. The van der Waals surface area contributed by atoms with Crippen LogP contribution in [0.25, 0.3) is 0 Å². The second-order valence-corrected chi connectivity index (χ2v) is 5.74. The monoisotopic (exact) mass is 310 g/mol. The second kappa shape index (κ2) is 7.58. The molecule has 0 saturated heterocycles. The van der Waals surface area contributed by atoms with E-state index in [1.165, 1.54) is 5.56 Å². The van der Waals surface area contributed by atoms with Gasteiger partial charge in [-0.2, -0.15) is 0 Å². The number of hydrogen-bond acceptors (Lipinski definition) is 2. The summed E-state index contributed by atoms with van der Waals surface area (Å²) in [7, 11) is 1.60. The van der Waals surface area contributed by atoms with Gasteiger partial charge in [0, 0.05) is 24.7 Å². The lowest BCUT2D eigenvalue weighted by Gasteiger charge is -2.08. The molecule has 4 nitrogen and oxygen atoms in total. The van der Waals surface area contributed by atoms with Crippen LogP contribution < -0.4 is 10.6 Å². The number of amides is 2. The SMILES string of the molecule is CNC(=O)c1ccc(CNC(=O)c2ccc(C(C)C)cc2)cc1. The maximum Gasteiger partial charge on any atom is 0.251 e. The molecule has 4 heteroatoms. The molecule has 0 saturated carbocycles. The number of benzene rings is 2. The van der Waals surface area contributed by atoms with E-state index in [9.17, 15) is 9.59 Å². The molecule has 0 heterocycles. The van der Waals surface area contributed by atoms with Gasteiger partial charge < -0.3 is 10.6 Å². The van der Waals surface area contributed by atoms with Crippen molar-refractivity contribution in [3.8, 4) is 0 Å². The predicted octanol–water partition coefficient (Wildman–Crippen LogP) is 3.10. The van der Waals surface area contributed by atoms with Gasteiger partial charge in [0.05, 0.1) is 0 Å². The zero-order valence-corrected chi connectivity index (χ0v) is 13.7. The Bertz CT molecular complexity index is 674. The smallest absolute Gasteiger partial charge is 0.251 e. The number of carbonyl (C=O) groups excluding carboxylic acids is 2. The van der Waals surface area contributed by atoms with E-state index in [2.05, 4.69) is 24.5 Å². The van der Waals surface area contributed by atoms with E-state index in [1.807, 2.05) is 36.4 Å². The number of rotatable bonds is 5. The minimum atomic E-state index is -0.120. The molecule has 0 atom stereocenters. The molecule has 2 aromatic carbocycles. The van der Waals surface area contributed by atoms with Crippen molar-refractivity contribution in [3.05, 3.63) is 70.8 Å². The van der Waals surface area contributed by atoms with Crippen molar-refractivity contribution >= 4 is 11.8 Å². The van der Waals surface area contributed by atoms with Crippen molar-refractivity contribution in [1.29, 1.82) is 0 Å². The number of nitrogens with one attached hydrogen (secondary N) is 2. The molecule has 120 valence electrons. The third-order valence-electron chi connectivity index (χ3n) is 3.74. The first-order chi connectivity index (χ1) is 11.0. The fraction of sp³-hybridized carbons (Fsp3) is 0.263. The van der Waals surface area contributed by atoms with Crippen molar-refractivity contribution < 1.29 is 9.59 Å². The molecule has 2 rings (SSSR count). The lowest BCUT2D eigenvalue weighted by atomic mass is 10.0. The highest BCUT2D eigenvalue weighted by molar-refractivity contribution is 5.94. The van der Waals surface area contributed by atoms with Crippen LogP contribution in [0.2, 0.25) is 0 Å². The Hall–Kier alpha value is -2.62. The molecule has 0 aliphatic heterocycles. The van der Waals surface area contributed by atoms with Crippen LogP contribution >= 0.6 is 0 Å². The van der Waals surface area contributed by atoms with E-state index < -0.39 is 0 Å². The van der Waals surface area contributed by atoms with Gasteiger partial charge in [-0.1, -0.05) is 38.1 Å². The summed E-state index contributed by atoms with van der Waals surface area (Å²) in [5.41, 5.74) is 3.42. The molecule has 2 N–H and O–H groups in total. The Morgan fingerprint density at radius 2 is 1.39 bits per heavy atom. The molecule has 2 aromatic rings. The molecule has 0 fully saturated rings. The average molecular weight is 310 g/mol. The molecule has 0 spiro atoms. The summed E-state index contributed by atoms with van der Waals surface area (Å²) in [5, 5.41) is 5.46. The predicted molar refractivity (Wildman–Crippen MR) is 91.5 cm³/mol. The van der Waals surface area contributed by atoms with E-state index in [4.69, 9.17) is 0 Å². The molecule has 0 aliphatic carbocycles. The van der Waals surface area contributed by atoms with Crippen molar-refractivity contribution in [2.75, 3.05) is 7.05 Å². The molecule has 0 radical (unpaired) electrons. The van der Waals surface area contributed by atoms with E-state index >= 15 is 0 Å². The second-order valence-electron chi connectivity index (χ2n) is 5.74. The number of hydrogen-bond donors (Lipinski definition) is 2. The van der Waals surface area contributed by atoms with E-state index in [0.717, 1.165) is 5.56 Å². The summed E-state index contributed by atoms with van der Waals surface area (Å²) < 4.78 is 0. The van der Waals surface area contributed by atoms with E-state index in [-0.39, 0.29) is 11.8 Å². The highest BCUT2D eigenvalue weighted by Gasteiger charge is 2.07. The number of carbonyl (C=O) groups is 2. The van der Waals surface area contributed by atoms with Gasteiger partial charge in [0.25, 0.3) is 11.8 Å². The highest BCUT2D eigenvalue weighted by Crippen LogP contribution is 2.14. The summed E-state index contributed by atoms with van der Waals surface area (Å²) in [4.78, 5) is 23.6. The normalized spacial score (nSPS) is 10.4. The third kappa shape index (κ3) is 4.42. The van der Waals surface area contributed by atoms with Crippen LogP contribution in [0.5, 0.6) is 0 Å². The Morgan fingerprint density at radius 3 is 1.91 bits per heavy atom. The molecule has 0 unspecified atom stereocenters. The third-order valence-corrected chi connectivity index (χ3v) is 3.74. The van der Waals surface area contributed by atoms with Gasteiger partial charge in [0.15, 0.2) is 0 Å². The fourth-order valence-electron chi connectivity index (χ4n) is 2.22. The van der Waals surface area contributed by atoms with Crippen LogP contribution in [0, 0.1) is 0 Å². The van der Waals surface area contributed by atoms with Gasteiger partial charge in [0.1, 0.15) is 0 Å². The van der Waals surface area contributed by atoms with E-state index in [1.54, 1.807) is 19.2 Å². The zero-order valence-electron chi connectivity index (χ0n) is 13.7. The highest BCUT2D eigenvalue weighted by atomic mass is 16.2. The van der Waals surface area contributed by atoms with Crippen molar-refractivity contribution in [1.82, 2.24) is 10.6 Å². The van der Waals surface area contributed by atoms with Crippen LogP contribution in [0.15, 0.2) is 48.5 Å². The van der Waals surface area contributed by atoms with Gasteiger partial charge in [-0.3, -0.25) is 9.59 Å². The lowest BCUT2D eigenvalue weighted by molar-refractivity contribution is 0.0946. The first-order valence-electron chi connectivity index (χ1n) is 7.70. The standard InChI is InChI=1S/C19H22N2O2/c1-13(2)15-8-10-17(11-9-15)19(23)21-12-14-4-6-16(7-5-14)18(22)20-3/h4-11,13H,12H2,1-3H3,(H,20,22)(H,21,23). The van der Waals surface area contributed by atoms with Gasteiger partial charge in [-0.05, 0) is 41.3 Å². The topological polar surface area (TPSA) is 58.2 Å². The minimum absolute atomic E-state index is 0.101. The molecular weight excluding hydrogens is 288 g/mol. The summed E-state index contributed by atoms with van der Waals surface area (Å²) in [6, 6.07) is 14.8. The summed E-state index contributed by atoms with van der Waals surface area (Å²) in [5.74, 6) is 0.229. The Kier molecular flexibility index (Phi) is 5.52. The first kappa shape index (κ1) is 16.7. The molecule has 0 aliphatic rings. The van der Waals surface area contributed by atoms with Crippen LogP contribution in [-0.4, -0.2) is 18.9 Å². The van der Waals surface area contributed by atoms with Crippen molar-refractivity contribution in [3.63, 3.8) is 0 Å². The van der Waals surface area contributed by atoms with Gasteiger partial charge in [-0.25, -0.2) is 0 Å². The quantitative estimate of drug-likeness (QED) is 0.891. The molecular formula is C19H22N2O2. The minimum Gasteiger partial charge on any atom is -0.355 e. The Morgan fingerprint density at radius 1 is 0.870 bits per heavy atom. The summed E-state index contributed by atoms with van der Waals surface area (Å²) in [6.45, 7) is 4.67. The van der Waals surface area contributed by atoms with Crippen LogP contribution in [0.4, 0.5) is 0 Å². The van der Waals surface area contributed by atoms with Crippen molar-refractivity contribution in [2.24, 2.45) is 0 Å². The summed E-state index contributed by atoms with van der Waals surface area (Å²) >= 11 is 0. The van der Waals surface area contributed by atoms with Gasteiger partial charge in [0.2, 0.25) is 0 Å². The van der Waals surface area contributed by atoms with Crippen LogP contribution in [0.3, 0.4) is 0 Å². The largest absolute Gasteiger partial charge is 0.355 e. The zero-order chi connectivity index (χ0) is 16.8.